The second kappa shape index (κ2) is 3.92. The third kappa shape index (κ3) is 1.99. The second-order valence-electron chi connectivity index (χ2n) is 3.90. The molecule has 1 aliphatic heterocycles. The Morgan fingerprint density at radius 3 is 2.75 bits per heavy atom. The Labute approximate surface area is 74.9 Å². The van der Waals surface area contributed by atoms with E-state index < -0.39 is 0 Å². The van der Waals surface area contributed by atoms with Gasteiger partial charge in [-0.1, -0.05) is 20.3 Å². The van der Waals surface area contributed by atoms with Crippen LogP contribution in [-0.4, -0.2) is 23.9 Å². The number of hydrogen-bond acceptors (Lipinski definition) is 1. The minimum absolute atomic E-state index is 0.237. The summed E-state index contributed by atoms with van der Waals surface area (Å²) in [6.45, 7) is 8.14. The highest BCUT2D eigenvalue weighted by atomic mass is 16.2. The molecule has 1 rings (SSSR count). The van der Waals surface area contributed by atoms with Gasteiger partial charge < -0.3 is 4.90 Å². The summed E-state index contributed by atoms with van der Waals surface area (Å²) < 4.78 is 0. The Balaban J connectivity index is 2.40. The van der Waals surface area contributed by atoms with Crippen molar-refractivity contribution < 1.29 is 4.79 Å². The van der Waals surface area contributed by atoms with Crippen molar-refractivity contribution in [3.05, 3.63) is 0 Å². The average molecular weight is 169 g/mol. The Morgan fingerprint density at radius 2 is 2.33 bits per heavy atom. The fraction of sp³-hybridized carbons (Fsp3) is 0.900. The van der Waals surface area contributed by atoms with Crippen molar-refractivity contribution in [1.82, 2.24) is 4.90 Å². The Hall–Kier alpha value is -0.530. The zero-order chi connectivity index (χ0) is 9.14. The van der Waals surface area contributed by atoms with Crippen LogP contribution >= 0.6 is 0 Å². The Morgan fingerprint density at radius 1 is 1.67 bits per heavy atom. The highest BCUT2D eigenvalue weighted by molar-refractivity contribution is 5.73. The van der Waals surface area contributed by atoms with E-state index in [9.17, 15) is 4.79 Å². The van der Waals surface area contributed by atoms with Crippen LogP contribution in [0.3, 0.4) is 0 Å². The first-order valence-electron chi connectivity index (χ1n) is 4.90. The maximum absolute atomic E-state index is 11.0. The second-order valence-corrected chi connectivity index (χ2v) is 3.90. The van der Waals surface area contributed by atoms with Gasteiger partial charge in [0.1, 0.15) is 0 Å². The summed E-state index contributed by atoms with van der Waals surface area (Å²) in [6.07, 6.45) is 2.44. The molecular formula is C10H19NO. The van der Waals surface area contributed by atoms with E-state index in [1.807, 2.05) is 4.90 Å². The van der Waals surface area contributed by atoms with Crippen LogP contribution in [0.4, 0.5) is 0 Å². The molecule has 70 valence electrons. The predicted octanol–water partition coefficient (Wildman–Crippen LogP) is 1.90. The summed E-state index contributed by atoms with van der Waals surface area (Å²) in [6, 6.07) is 0. The molecule has 2 unspecified atom stereocenters. The largest absolute Gasteiger partial charge is 0.343 e. The summed E-state index contributed by atoms with van der Waals surface area (Å²) >= 11 is 0. The first-order valence-corrected chi connectivity index (χ1v) is 4.90. The molecule has 1 amide bonds. The minimum atomic E-state index is 0.237. The molecule has 1 aliphatic rings. The average Bonchev–Trinajstić information content (AvgIpc) is 2.51. The third-order valence-electron chi connectivity index (χ3n) is 3.12. The van der Waals surface area contributed by atoms with E-state index in [1.54, 1.807) is 6.92 Å². The lowest BCUT2D eigenvalue weighted by atomic mass is 9.91. The quantitative estimate of drug-likeness (QED) is 0.618. The lowest BCUT2D eigenvalue weighted by Gasteiger charge is -2.18. The van der Waals surface area contributed by atoms with Crippen molar-refractivity contribution in [2.45, 2.75) is 33.6 Å². The van der Waals surface area contributed by atoms with E-state index in [-0.39, 0.29) is 5.91 Å². The summed E-state index contributed by atoms with van der Waals surface area (Å²) in [5, 5.41) is 0. The number of rotatable bonds is 2. The van der Waals surface area contributed by atoms with E-state index in [0.29, 0.717) is 0 Å². The minimum Gasteiger partial charge on any atom is -0.343 e. The zero-order valence-corrected chi connectivity index (χ0v) is 8.34. The van der Waals surface area contributed by atoms with Crippen molar-refractivity contribution in [3.8, 4) is 0 Å². The van der Waals surface area contributed by atoms with E-state index in [0.717, 1.165) is 24.9 Å². The number of carbonyl (C=O) groups excluding carboxylic acids is 1. The molecule has 0 aromatic rings. The van der Waals surface area contributed by atoms with Gasteiger partial charge in [0.05, 0.1) is 0 Å². The highest BCUT2D eigenvalue weighted by Gasteiger charge is 2.26. The Bertz CT molecular complexity index is 167. The molecule has 0 aromatic carbocycles. The number of amides is 1. The molecular weight excluding hydrogens is 150 g/mol. The molecule has 0 bridgehead atoms. The van der Waals surface area contributed by atoms with Gasteiger partial charge in [0, 0.05) is 20.0 Å². The first kappa shape index (κ1) is 9.56. The molecule has 0 saturated carbocycles. The van der Waals surface area contributed by atoms with E-state index in [1.165, 1.54) is 12.8 Å². The molecule has 1 heterocycles. The van der Waals surface area contributed by atoms with E-state index in [2.05, 4.69) is 13.8 Å². The molecule has 0 aromatic heterocycles. The number of nitrogens with zero attached hydrogens (tertiary/aromatic N) is 1. The van der Waals surface area contributed by atoms with Crippen molar-refractivity contribution in [2.75, 3.05) is 13.1 Å². The van der Waals surface area contributed by atoms with Gasteiger partial charge in [-0.2, -0.15) is 0 Å². The van der Waals surface area contributed by atoms with Crippen LogP contribution in [0.1, 0.15) is 33.6 Å². The molecule has 1 fully saturated rings. The number of hydrogen-bond donors (Lipinski definition) is 0. The van der Waals surface area contributed by atoms with Crippen LogP contribution in [0.15, 0.2) is 0 Å². The van der Waals surface area contributed by atoms with Crippen molar-refractivity contribution in [3.63, 3.8) is 0 Å². The van der Waals surface area contributed by atoms with E-state index in [4.69, 9.17) is 0 Å². The van der Waals surface area contributed by atoms with Crippen molar-refractivity contribution >= 4 is 5.91 Å². The van der Waals surface area contributed by atoms with E-state index >= 15 is 0 Å². The number of likely N-dealkylation sites (tertiary alicyclic amines) is 1. The summed E-state index contributed by atoms with van der Waals surface area (Å²) in [7, 11) is 0. The standard InChI is InChI=1S/C10H19NO/c1-4-8(2)10-5-6-11(7-10)9(3)12/h8,10H,4-7H2,1-3H3. The normalized spacial score (nSPS) is 25.9. The van der Waals surface area contributed by atoms with Gasteiger partial charge in [-0.15, -0.1) is 0 Å². The molecule has 0 spiro atoms. The molecule has 2 heteroatoms. The van der Waals surface area contributed by atoms with Gasteiger partial charge in [0.25, 0.3) is 0 Å². The van der Waals surface area contributed by atoms with Crippen LogP contribution in [-0.2, 0) is 4.79 Å². The SMILES string of the molecule is CCC(C)C1CCN(C(C)=O)C1. The summed E-state index contributed by atoms with van der Waals surface area (Å²) in [4.78, 5) is 13.0. The fourth-order valence-corrected chi connectivity index (χ4v) is 1.87. The highest BCUT2D eigenvalue weighted by Crippen LogP contribution is 2.25. The smallest absolute Gasteiger partial charge is 0.219 e. The molecule has 0 aliphatic carbocycles. The van der Waals surface area contributed by atoms with Crippen LogP contribution < -0.4 is 0 Å². The molecule has 2 nitrogen and oxygen atoms in total. The van der Waals surface area contributed by atoms with Gasteiger partial charge in [0.2, 0.25) is 5.91 Å². The van der Waals surface area contributed by atoms with Gasteiger partial charge >= 0.3 is 0 Å². The van der Waals surface area contributed by atoms with Gasteiger partial charge in [-0.3, -0.25) is 4.79 Å². The molecule has 1 saturated heterocycles. The molecule has 0 radical (unpaired) electrons. The maximum atomic E-state index is 11.0. The molecule has 12 heavy (non-hydrogen) atoms. The first-order chi connectivity index (χ1) is 5.65. The van der Waals surface area contributed by atoms with Gasteiger partial charge in [0.15, 0.2) is 0 Å². The number of carbonyl (C=O) groups is 1. The van der Waals surface area contributed by atoms with Gasteiger partial charge in [-0.05, 0) is 18.3 Å². The van der Waals surface area contributed by atoms with Crippen LogP contribution in [0.25, 0.3) is 0 Å². The topological polar surface area (TPSA) is 20.3 Å². The van der Waals surface area contributed by atoms with Crippen LogP contribution in [0, 0.1) is 11.8 Å². The van der Waals surface area contributed by atoms with Gasteiger partial charge in [-0.25, -0.2) is 0 Å². The molecule has 2 atom stereocenters. The zero-order valence-electron chi connectivity index (χ0n) is 8.34. The third-order valence-corrected chi connectivity index (χ3v) is 3.12. The predicted molar refractivity (Wildman–Crippen MR) is 49.8 cm³/mol. The Kier molecular flexibility index (Phi) is 3.12. The van der Waals surface area contributed by atoms with Crippen LogP contribution in [0.5, 0.6) is 0 Å². The monoisotopic (exact) mass is 169 g/mol. The maximum Gasteiger partial charge on any atom is 0.219 e. The summed E-state index contributed by atoms with van der Waals surface area (Å²) in [5.41, 5.74) is 0. The van der Waals surface area contributed by atoms with Crippen molar-refractivity contribution in [2.24, 2.45) is 11.8 Å². The van der Waals surface area contributed by atoms with Crippen LogP contribution in [0.2, 0.25) is 0 Å². The lowest BCUT2D eigenvalue weighted by Crippen LogP contribution is -2.26. The lowest BCUT2D eigenvalue weighted by molar-refractivity contribution is -0.127. The molecule has 0 N–H and O–H groups in total. The van der Waals surface area contributed by atoms with Crippen molar-refractivity contribution in [1.29, 1.82) is 0 Å². The fourth-order valence-electron chi connectivity index (χ4n) is 1.87. The summed E-state index contributed by atoms with van der Waals surface area (Å²) in [5.74, 6) is 1.76.